The monoisotopic (exact) mass is 370 g/mol. The maximum Gasteiger partial charge on any atom is 0.247 e. The van der Waals surface area contributed by atoms with Crippen molar-refractivity contribution in [2.24, 2.45) is 11.8 Å². The number of carbonyl (C=O) groups is 2. The number of rotatable bonds is 4. The molecule has 3 unspecified atom stereocenters. The Balaban J connectivity index is 1.55. The first-order valence-corrected chi connectivity index (χ1v) is 10.3. The third-order valence-corrected chi connectivity index (χ3v) is 6.28. The molecule has 146 valence electrons. The Morgan fingerprint density at radius 3 is 2.63 bits per heavy atom. The Hall–Kier alpha value is -1.88. The summed E-state index contributed by atoms with van der Waals surface area (Å²) in [6.45, 7) is 3.09. The van der Waals surface area contributed by atoms with E-state index in [9.17, 15) is 9.59 Å². The highest BCUT2D eigenvalue weighted by Gasteiger charge is 2.56. The minimum atomic E-state index is -0.564. The fourth-order valence-corrected chi connectivity index (χ4v) is 4.74. The van der Waals surface area contributed by atoms with Crippen LogP contribution in [0.1, 0.15) is 51.0 Å². The molecular weight excluding hydrogens is 340 g/mol. The third kappa shape index (κ3) is 3.62. The van der Waals surface area contributed by atoms with Gasteiger partial charge in [0.1, 0.15) is 11.8 Å². The van der Waals surface area contributed by atoms with Gasteiger partial charge in [-0.25, -0.2) is 0 Å². The lowest BCUT2D eigenvalue weighted by atomic mass is 9.83. The zero-order valence-electron chi connectivity index (χ0n) is 16.4. The van der Waals surface area contributed by atoms with E-state index in [1.807, 2.05) is 42.3 Å². The van der Waals surface area contributed by atoms with Crippen LogP contribution in [-0.2, 0) is 20.9 Å². The highest BCUT2D eigenvalue weighted by atomic mass is 16.5. The summed E-state index contributed by atoms with van der Waals surface area (Å²) in [4.78, 5) is 30.0. The third-order valence-electron chi connectivity index (χ3n) is 6.28. The number of likely N-dealkylation sites (N-methyl/N-ethyl adjacent to an activating group) is 1. The topological polar surface area (TPSA) is 49.9 Å². The van der Waals surface area contributed by atoms with E-state index in [0.717, 1.165) is 37.7 Å². The molecule has 1 aliphatic heterocycles. The molecule has 5 heteroatoms. The lowest BCUT2D eigenvalue weighted by molar-refractivity contribution is -0.165. The van der Waals surface area contributed by atoms with Gasteiger partial charge in [-0.15, -0.1) is 0 Å². The summed E-state index contributed by atoms with van der Waals surface area (Å²) in [7, 11) is 1.82. The minimum Gasteiger partial charge on any atom is -0.353 e. The maximum absolute atomic E-state index is 13.3. The Morgan fingerprint density at radius 1 is 1.22 bits per heavy atom. The number of nitrogens with zero attached hydrogens (tertiary/aromatic N) is 2. The summed E-state index contributed by atoms with van der Waals surface area (Å²) in [6.07, 6.45) is 5.81. The molecule has 1 aromatic carbocycles. The molecular formula is C22H30N2O3. The van der Waals surface area contributed by atoms with Gasteiger partial charge in [0, 0.05) is 19.5 Å². The average Bonchev–Trinajstić information content (AvgIpc) is 3.45. The standard InChI is InChI=1S/C22H30N2O3/c1-16-7-6-12-22(13-16)24(20(25)18-10-11-18)19(15-27-22)21(26)23(2)14-17-8-4-3-5-9-17/h3-5,8-9,16,18-19H,6-7,10-15H2,1-2H3. The number of ether oxygens (including phenoxy) is 1. The van der Waals surface area contributed by atoms with Gasteiger partial charge >= 0.3 is 0 Å². The largest absolute Gasteiger partial charge is 0.353 e. The lowest BCUT2D eigenvalue weighted by Crippen LogP contribution is -2.57. The van der Waals surface area contributed by atoms with E-state index in [1.54, 1.807) is 4.90 Å². The van der Waals surface area contributed by atoms with Crippen LogP contribution in [-0.4, -0.2) is 47.0 Å². The van der Waals surface area contributed by atoms with E-state index in [-0.39, 0.29) is 17.7 Å². The molecule has 3 atom stereocenters. The van der Waals surface area contributed by atoms with Gasteiger partial charge in [-0.1, -0.05) is 43.7 Å². The van der Waals surface area contributed by atoms with Crippen LogP contribution in [0.4, 0.5) is 0 Å². The smallest absolute Gasteiger partial charge is 0.247 e. The van der Waals surface area contributed by atoms with Crippen molar-refractivity contribution in [3.63, 3.8) is 0 Å². The van der Waals surface area contributed by atoms with E-state index < -0.39 is 11.8 Å². The molecule has 1 heterocycles. The number of hydrogen-bond donors (Lipinski definition) is 0. The van der Waals surface area contributed by atoms with Crippen LogP contribution in [0.2, 0.25) is 0 Å². The molecule has 2 amide bonds. The second kappa shape index (κ2) is 7.27. The molecule has 3 fully saturated rings. The molecule has 1 aromatic rings. The van der Waals surface area contributed by atoms with Gasteiger partial charge in [0.15, 0.2) is 0 Å². The Kier molecular flexibility index (Phi) is 4.97. The van der Waals surface area contributed by atoms with Crippen LogP contribution in [0, 0.1) is 11.8 Å². The molecule has 2 aliphatic carbocycles. The molecule has 3 aliphatic rings. The van der Waals surface area contributed by atoms with Crippen molar-refractivity contribution in [2.75, 3.05) is 13.7 Å². The van der Waals surface area contributed by atoms with Crippen molar-refractivity contribution in [1.82, 2.24) is 9.80 Å². The van der Waals surface area contributed by atoms with Crippen molar-refractivity contribution in [3.05, 3.63) is 35.9 Å². The van der Waals surface area contributed by atoms with Crippen LogP contribution in [0.15, 0.2) is 30.3 Å². The molecule has 0 aromatic heterocycles. The zero-order valence-corrected chi connectivity index (χ0v) is 16.4. The SMILES string of the molecule is CC1CCCC2(C1)OCC(C(=O)N(C)Cc1ccccc1)N2C(=O)C1CC1. The summed E-state index contributed by atoms with van der Waals surface area (Å²) < 4.78 is 6.26. The molecule has 0 N–H and O–H groups in total. The van der Waals surface area contributed by atoms with Crippen molar-refractivity contribution in [3.8, 4) is 0 Å². The molecule has 0 radical (unpaired) electrons. The fourth-order valence-electron chi connectivity index (χ4n) is 4.74. The summed E-state index contributed by atoms with van der Waals surface area (Å²) in [6, 6.07) is 9.48. The quantitative estimate of drug-likeness (QED) is 0.818. The van der Waals surface area contributed by atoms with Crippen LogP contribution in [0.5, 0.6) is 0 Å². The first-order valence-electron chi connectivity index (χ1n) is 10.3. The summed E-state index contributed by atoms with van der Waals surface area (Å²) in [5, 5.41) is 0. The minimum absolute atomic E-state index is 0.0112. The molecule has 2 saturated carbocycles. The molecule has 27 heavy (non-hydrogen) atoms. The Morgan fingerprint density at radius 2 is 1.96 bits per heavy atom. The molecule has 0 bridgehead atoms. The average molecular weight is 370 g/mol. The summed E-state index contributed by atoms with van der Waals surface area (Å²) in [5.74, 6) is 0.732. The second-order valence-corrected chi connectivity index (χ2v) is 8.64. The number of hydrogen-bond acceptors (Lipinski definition) is 3. The summed E-state index contributed by atoms with van der Waals surface area (Å²) in [5.41, 5.74) is 0.527. The first-order chi connectivity index (χ1) is 13.0. The van der Waals surface area contributed by atoms with Crippen molar-refractivity contribution >= 4 is 11.8 Å². The van der Waals surface area contributed by atoms with Crippen LogP contribution < -0.4 is 0 Å². The van der Waals surface area contributed by atoms with Gasteiger partial charge < -0.3 is 9.64 Å². The highest BCUT2D eigenvalue weighted by molar-refractivity contribution is 5.90. The number of amides is 2. The highest BCUT2D eigenvalue weighted by Crippen LogP contribution is 2.45. The molecule has 1 saturated heterocycles. The van der Waals surface area contributed by atoms with Crippen molar-refractivity contribution in [1.29, 1.82) is 0 Å². The van der Waals surface area contributed by atoms with Gasteiger partial charge in [-0.3, -0.25) is 14.5 Å². The van der Waals surface area contributed by atoms with Crippen molar-refractivity contribution in [2.45, 2.75) is 63.8 Å². The van der Waals surface area contributed by atoms with E-state index in [1.165, 1.54) is 6.42 Å². The normalized spacial score (nSPS) is 30.5. The zero-order chi connectivity index (χ0) is 19.0. The maximum atomic E-state index is 13.3. The van der Waals surface area contributed by atoms with Gasteiger partial charge in [-0.05, 0) is 43.6 Å². The van der Waals surface area contributed by atoms with E-state index in [2.05, 4.69) is 6.92 Å². The molecule has 4 rings (SSSR count). The predicted octanol–water partition coefficient (Wildman–Crippen LogP) is 3.19. The van der Waals surface area contributed by atoms with E-state index >= 15 is 0 Å². The van der Waals surface area contributed by atoms with Crippen molar-refractivity contribution < 1.29 is 14.3 Å². The number of carbonyl (C=O) groups excluding carboxylic acids is 2. The van der Waals surface area contributed by atoms with Gasteiger partial charge in [0.05, 0.1) is 6.61 Å². The van der Waals surface area contributed by atoms with E-state index in [0.29, 0.717) is 19.1 Å². The predicted molar refractivity (Wildman–Crippen MR) is 103 cm³/mol. The number of benzene rings is 1. The van der Waals surface area contributed by atoms with Crippen LogP contribution >= 0.6 is 0 Å². The first kappa shape index (κ1) is 18.5. The van der Waals surface area contributed by atoms with Gasteiger partial charge in [0.25, 0.3) is 0 Å². The van der Waals surface area contributed by atoms with Crippen LogP contribution in [0.3, 0.4) is 0 Å². The Bertz CT molecular complexity index is 703. The van der Waals surface area contributed by atoms with E-state index in [4.69, 9.17) is 4.74 Å². The molecule has 5 nitrogen and oxygen atoms in total. The van der Waals surface area contributed by atoms with Crippen LogP contribution in [0.25, 0.3) is 0 Å². The molecule has 1 spiro atoms. The lowest BCUT2D eigenvalue weighted by Gasteiger charge is -2.44. The summed E-state index contributed by atoms with van der Waals surface area (Å²) >= 11 is 0. The second-order valence-electron chi connectivity index (χ2n) is 8.64. The fraction of sp³-hybridized carbons (Fsp3) is 0.636. The van der Waals surface area contributed by atoms with Gasteiger partial charge in [-0.2, -0.15) is 0 Å². The Labute approximate surface area is 161 Å². The van der Waals surface area contributed by atoms with Gasteiger partial charge in [0.2, 0.25) is 11.8 Å².